The highest BCUT2D eigenvalue weighted by molar-refractivity contribution is 6.52. The van der Waals surface area contributed by atoms with Crippen LogP contribution in [0.1, 0.15) is 38.8 Å². The minimum absolute atomic E-state index is 0.237. The van der Waals surface area contributed by atoms with Crippen LogP contribution < -0.4 is 0 Å². The van der Waals surface area contributed by atoms with Gasteiger partial charge in [0, 0.05) is 0 Å². The summed E-state index contributed by atoms with van der Waals surface area (Å²) >= 11 is 0. The second-order valence-corrected chi connectivity index (χ2v) is 5.98. The molecule has 1 aliphatic heterocycles. The first-order valence-electron chi connectivity index (χ1n) is 6.51. The first-order chi connectivity index (χ1) is 8.71. The predicted octanol–water partition coefficient (Wildman–Crippen LogP) is 3.78. The Kier molecular flexibility index (Phi) is 3.58. The quantitative estimate of drug-likeness (QED) is 0.755. The van der Waals surface area contributed by atoms with Crippen molar-refractivity contribution in [2.45, 2.75) is 45.8 Å². The second-order valence-electron chi connectivity index (χ2n) is 5.98. The summed E-state index contributed by atoms with van der Waals surface area (Å²) in [7, 11) is -0.396. The van der Waals surface area contributed by atoms with Gasteiger partial charge in [-0.15, -0.1) is 0 Å². The maximum atomic E-state index is 13.2. The van der Waals surface area contributed by atoms with E-state index in [1.807, 2.05) is 46.7 Å². The molecular weight excluding hydrogens is 242 g/mol. The van der Waals surface area contributed by atoms with Crippen LogP contribution in [0.3, 0.4) is 0 Å². The van der Waals surface area contributed by atoms with E-state index in [-0.39, 0.29) is 17.0 Å². The molecule has 19 heavy (non-hydrogen) atoms. The third-order valence-corrected chi connectivity index (χ3v) is 3.95. The van der Waals surface area contributed by atoms with E-state index in [2.05, 4.69) is 0 Å². The van der Waals surface area contributed by atoms with Gasteiger partial charge < -0.3 is 9.31 Å². The van der Waals surface area contributed by atoms with Crippen LogP contribution in [-0.2, 0) is 9.31 Å². The Morgan fingerprint density at radius 3 is 2.26 bits per heavy atom. The minimum atomic E-state index is -0.396. The summed E-state index contributed by atoms with van der Waals surface area (Å²) < 4.78 is 24.9. The summed E-state index contributed by atoms with van der Waals surface area (Å²) in [5, 5.41) is 0. The molecule has 0 spiro atoms. The van der Waals surface area contributed by atoms with Crippen LogP contribution in [0.15, 0.2) is 24.2 Å². The van der Waals surface area contributed by atoms with Gasteiger partial charge in [-0.05, 0) is 57.9 Å². The van der Waals surface area contributed by atoms with E-state index in [0.717, 1.165) is 11.1 Å². The van der Waals surface area contributed by atoms with Crippen molar-refractivity contribution in [1.29, 1.82) is 0 Å². The van der Waals surface area contributed by atoms with Crippen molar-refractivity contribution >= 4 is 13.2 Å². The van der Waals surface area contributed by atoms with Crippen LogP contribution in [0.5, 0.6) is 0 Å². The molecule has 0 aliphatic carbocycles. The molecule has 0 aromatic heterocycles. The van der Waals surface area contributed by atoms with E-state index < -0.39 is 7.12 Å². The molecule has 1 heterocycles. The van der Waals surface area contributed by atoms with Crippen LogP contribution in [0.25, 0.3) is 6.08 Å². The standard InChI is InChI=1S/C15H20BFO2/c1-11-6-7-13(17)10-12(11)8-9-16-18-14(2,3)15(4,5)19-16/h6-10H,1-5H3/b9-8+. The van der Waals surface area contributed by atoms with Gasteiger partial charge in [0.15, 0.2) is 0 Å². The largest absolute Gasteiger partial charge is 0.487 e. The maximum Gasteiger partial charge on any atom is 0.487 e. The highest BCUT2D eigenvalue weighted by atomic mass is 19.1. The third-order valence-electron chi connectivity index (χ3n) is 3.95. The highest BCUT2D eigenvalue weighted by Gasteiger charge is 2.49. The molecule has 4 heteroatoms. The van der Waals surface area contributed by atoms with Crippen molar-refractivity contribution in [1.82, 2.24) is 0 Å². The van der Waals surface area contributed by atoms with Gasteiger partial charge in [-0.3, -0.25) is 0 Å². The smallest absolute Gasteiger partial charge is 0.400 e. The molecule has 0 unspecified atom stereocenters. The van der Waals surface area contributed by atoms with E-state index in [0.29, 0.717) is 0 Å². The molecule has 2 rings (SSSR count). The molecule has 1 fully saturated rings. The van der Waals surface area contributed by atoms with Crippen molar-refractivity contribution in [2.24, 2.45) is 0 Å². The van der Waals surface area contributed by atoms with Crippen molar-refractivity contribution in [2.75, 3.05) is 0 Å². The van der Waals surface area contributed by atoms with Gasteiger partial charge in [0.05, 0.1) is 11.2 Å². The van der Waals surface area contributed by atoms with E-state index in [4.69, 9.17) is 9.31 Å². The summed E-state index contributed by atoms with van der Waals surface area (Å²) in [6.07, 6.45) is 1.85. The van der Waals surface area contributed by atoms with Gasteiger partial charge in [-0.25, -0.2) is 4.39 Å². The van der Waals surface area contributed by atoms with Gasteiger partial charge in [-0.1, -0.05) is 18.1 Å². The Morgan fingerprint density at radius 1 is 1.11 bits per heavy atom. The van der Waals surface area contributed by atoms with Crippen molar-refractivity contribution in [3.8, 4) is 0 Å². The lowest BCUT2D eigenvalue weighted by Gasteiger charge is -2.32. The number of rotatable bonds is 2. The van der Waals surface area contributed by atoms with Crippen LogP contribution in [0.2, 0.25) is 0 Å². The predicted molar refractivity (Wildman–Crippen MR) is 76.3 cm³/mol. The molecule has 2 nitrogen and oxygen atoms in total. The summed E-state index contributed by atoms with van der Waals surface area (Å²) in [6, 6.07) is 4.73. The number of halogens is 1. The Labute approximate surface area is 114 Å². The fourth-order valence-corrected chi connectivity index (χ4v) is 1.94. The topological polar surface area (TPSA) is 18.5 Å². The molecule has 0 saturated carbocycles. The first-order valence-corrected chi connectivity index (χ1v) is 6.51. The fourth-order valence-electron chi connectivity index (χ4n) is 1.94. The first kappa shape index (κ1) is 14.3. The van der Waals surface area contributed by atoms with Gasteiger partial charge in [0.2, 0.25) is 0 Å². The minimum Gasteiger partial charge on any atom is -0.400 e. The van der Waals surface area contributed by atoms with Crippen LogP contribution in [-0.4, -0.2) is 18.3 Å². The third kappa shape index (κ3) is 2.90. The van der Waals surface area contributed by atoms with E-state index in [1.165, 1.54) is 12.1 Å². The highest BCUT2D eigenvalue weighted by Crippen LogP contribution is 2.37. The molecule has 1 aliphatic rings. The molecule has 0 bridgehead atoms. The average Bonchev–Trinajstić information content (AvgIpc) is 2.49. The lowest BCUT2D eigenvalue weighted by Crippen LogP contribution is -2.41. The second kappa shape index (κ2) is 4.76. The van der Waals surface area contributed by atoms with Crippen LogP contribution in [0, 0.1) is 12.7 Å². The molecule has 1 aromatic rings. The summed E-state index contributed by atoms with van der Waals surface area (Å²) in [5.41, 5.74) is 1.17. The lowest BCUT2D eigenvalue weighted by atomic mass is 9.88. The maximum absolute atomic E-state index is 13.2. The van der Waals surface area contributed by atoms with Crippen molar-refractivity contribution in [3.63, 3.8) is 0 Å². The van der Waals surface area contributed by atoms with Gasteiger partial charge >= 0.3 is 7.12 Å². The SMILES string of the molecule is Cc1ccc(F)cc1/C=C/B1OC(C)(C)C(C)(C)O1. The van der Waals surface area contributed by atoms with Crippen molar-refractivity contribution < 1.29 is 13.7 Å². The summed E-state index contributed by atoms with van der Waals surface area (Å²) in [6.45, 7) is 9.98. The van der Waals surface area contributed by atoms with Gasteiger partial charge in [0.25, 0.3) is 0 Å². The van der Waals surface area contributed by atoms with Crippen LogP contribution in [0.4, 0.5) is 4.39 Å². The normalized spacial score (nSPS) is 21.3. The molecule has 102 valence electrons. The number of hydrogen-bond acceptors (Lipinski definition) is 2. The Morgan fingerprint density at radius 2 is 1.68 bits per heavy atom. The molecule has 1 aromatic carbocycles. The molecule has 0 radical (unpaired) electrons. The molecule has 0 N–H and O–H groups in total. The summed E-state index contributed by atoms with van der Waals surface area (Å²) in [4.78, 5) is 0. The molecule has 0 amide bonds. The molecular formula is C15H20BFO2. The number of aryl methyl sites for hydroxylation is 1. The Balaban J connectivity index is 2.15. The Bertz CT molecular complexity index is 493. The van der Waals surface area contributed by atoms with Gasteiger partial charge in [-0.2, -0.15) is 0 Å². The zero-order chi connectivity index (χ0) is 14.3. The summed E-state index contributed by atoms with van der Waals surface area (Å²) in [5.74, 6) is 1.59. The zero-order valence-electron chi connectivity index (χ0n) is 12.2. The zero-order valence-corrected chi connectivity index (χ0v) is 12.2. The number of hydrogen-bond donors (Lipinski definition) is 0. The fraction of sp³-hybridized carbons (Fsp3) is 0.467. The van der Waals surface area contributed by atoms with Gasteiger partial charge in [0.1, 0.15) is 5.82 Å². The van der Waals surface area contributed by atoms with E-state index >= 15 is 0 Å². The number of benzene rings is 1. The molecule has 1 saturated heterocycles. The lowest BCUT2D eigenvalue weighted by molar-refractivity contribution is 0.00578. The average molecular weight is 262 g/mol. The van der Waals surface area contributed by atoms with E-state index in [1.54, 1.807) is 6.07 Å². The monoisotopic (exact) mass is 262 g/mol. The van der Waals surface area contributed by atoms with Crippen LogP contribution >= 0.6 is 0 Å². The Hall–Kier alpha value is -1.13. The molecule has 0 atom stereocenters. The van der Waals surface area contributed by atoms with Crippen molar-refractivity contribution in [3.05, 3.63) is 41.1 Å². The van der Waals surface area contributed by atoms with E-state index in [9.17, 15) is 4.39 Å².